The molecule has 0 aliphatic rings. The Morgan fingerprint density at radius 1 is 1.06 bits per heavy atom. The Kier molecular flexibility index (Phi) is 4.93. The van der Waals surface area contributed by atoms with Gasteiger partial charge in [-0.15, -0.1) is 0 Å². The van der Waals surface area contributed by atoms with Crippen molar-refractivity contribution < 1.29 is 9.47 Å². The highest BCUT2D eigenvalue weighted by Crippen LogP contribution is 2.12. The third kappa shape index (κ3) is 3.59. The summed E-state index contributed by atoms with van der Waals surface area (Å²) in [5.41, 5.74) is 9.76. The van der Waals surface area contributed by atoms with Gasteiger partial charge in [0.05, 0.1) is 6.04 Å². The highest BCUT2D eigenvalue weighted by atomic mass is 16.7. The molecule has 3 nitrogen and oxygen atoms in total. The van der Waals surface area contributed by atoms with E-state index in [4.69, 9.17) is 15.2 Å². The van der Waals surface area contributed by atoms with Crippen molar-refractivity contribution in [2.45, 2.75) is 32.6 Å². The molecule has 1 aromatic rings. The van der Waals surface area contributed by atoms with Crippen molar-refractivity contribution in [2.24, 2.45) is 5.73 Å². The second-order valence-electron chi connectivity index (χ2n) is 4.20. The van der Waals surface area contributed by atoms with Crippen LogP contribution in [0.25, 0.3) is 0 Å². The number of hydrogen-bond acceptors (Lipinski definition) is 3. The minimum Gasteiger partial charge on any atom is -0.354 e. The largest absolute Gasteiger partial charge is 0.354 e. The molecular formula is C13H21NO2. The summed E-state index contributed by atoms with van der Waals surface area (Å²) in [5.74, 6) is 0. The van der Waals surface area contributed by atoms with Crippen LogP contribution < -0.4 is 5.73 Å². The SMILES string of the molecule is COC(OC)C(N)Cc1cc(C)cc(C)c1. The molecule has 90 valence electrons. The fourth-order valence-corrected chi connectivity index (χ4v) is 2.00. The van der Waals surface area contributed by atoms with E-state index < -0.39 is 0 Å². The molecule has 0 saturated heterocycles. The zero-order chi connectivity index (χ0) is 12.1. The Hall–Kier alpha value is -0.900. The molecule has 0 spiro atoms. The van der Waals surface area contributed by atoms with Crippen LogP contribution in [0.3, 0.4) is 0 Å². The van der Waals surface area contributed by atoms with Gasteiger partial charge in [0.15, 0.2) is 6.29 Å². The van der Waals surface area contributed by atoms with Gasteiger partial charge in [-0.1, -0.05) is 29.3 Å². The third-order valence-corrected chi connectivity index (χ3v) is 2.57. The molecule has 1 unspecified atom stereocenters. The van der Waals surface area contributed by atoms with Gasteiger partial charge in [-0.2, -0.15) is 0 Å². The molecule has 0 radical (unpaired) electrons. The molecule has 0 aromatic heterocycles. The molecule has 0 amide bonds. The molecule has 2 N–H and O–H groups in total. The van der Waals surface area contributed by atoms with Gasteiger partial charge in [0, 0.05) is 14.2 Å². The van der Waals surface area contributed by atoms with Gasteiger partial charge in [0.1, 0.15) is 0 Å². The second kappa shape index (κ2) is 5.99. The molecule has 16 heavy (non-hydrogen) atoms. The lowest BCUT2D eigenvalue weighted by Gasteiger charge is -2.21. The molecule has 0 bridgehead atoms. The monoisotopic (exact) mass is 223 g/mol. The first-order valence-electron chi connectivity index (χ1n) is 5.45. The van der Waals surface area contributed by atoms with Gasteiger partial charge in [-0.05, 0) is 25.8 Å². The highest BCUT2D eigenvalue weighted by molar-refractivity contribution is 5.29. The van der Waals surface area contributed by atoms with E-state index in [1.54, 1.807) is 14.2 Å². The summed E-state index contributed by atoms with van der Waals surface area (Å²) in [7, 11) is 3.21. The van der Waals surface area contributed by atoms with Crippen LogP contribution in [-0.4, -0.2) is 26.6 Å². The van der Waals surface area contributed by atoms with Crippen molar-refractivity contribution in [1.82, 2.24) is 0 Å². The summed E-state index contributed by atoms with van der Waals surface area (Å²) >= 11 is 0. The maximum atomic E-state index is 6.02. The lowest BCUT2D eigenvalue weighted by molar-refractivity contribution is -0.115. The fourth-order valence-electron chi connectivity index (χ4n) is 2.00. The van der Waals surface area contributed by atoms with Gasteiger partial charge in [0.2, 0.25) is 0 Å². The molecule has 3 heteroatoms. The van der Waals surface area contributed by atoms with Gasteiger partial charge in [-0.3, -0.25) is 0 Å². The number of aryl methyl sites for hydroxylation is 2. The Balaban J connectivity index is 2.72. The number of methoxy groups -OCH3 is 2. The first kappa shape index (κ1) is 13.2. The van der Waals surface area contributed by atoms with E-state index in [0.717, 1.165) is 6.42 Å². The minimum atomic E-state index is -0.346. The summed E-state index contributed by atoms with van der Waals surface area (Å²) in [5, 5.41) is 0. The van der Waals surface area contributed by atoms with Crippen LogP contribution in [0.4, 0.5) is 0 Å². The van der Waals surface area contributed by atoms with Crippen molar-refractivity contribution in [3.8, 4) is 0 Å². The molecule has 0 fully saturated rings. The van der Waals surface area contributed by atoms with E-state index in [9.17, 15) is 0 Å². The predicted octanol–water partition coefficient (Wildman–Crippen LogP) is 1.79. The highest BCUT2D eigenvalue weighted by Gasteiger charge is 2.16. The molecule has 0 aliphatic carbocycles. The van der Waals surface area contributed by atoms with E-state index in [1.165, 1.54) is 16.7 Å². The van der Waals surface area contributed by atoms with Gasteiger partial charge in [0.25, 0.3) is 0 Å². The molecule has 1 aromatic carbocycles. The van der Waals surface area contributed by atoms with Crippen molar-refractivity contribution >= 4 is 0 Å². The summed E-state index contributed by atoms with van der Waals surface area (Å²) in [4.78, 5) is 0. The zero-order valence-corrected chi connectivity index (χ0v) is 10.5. The van der Waals surface area contributed by atoms with Gasteiger partial charge in [-0.25, -0.2) is 0 Å². The molecular weight excluding hydrogens is 202 g/mol. The Bertz CT molecular complexity index is 314. The molecule has 1 atom stereocenters. The third-order valence-electron chi connectivity index (χ3n) is 2.57. The maximum absolute atomic E-state index is 6.02. The smallest absolute Gasteiger partial charge is 0.172 e. The van der Waals surface area contributed by atoms with Crippen molar-refractivity contribution in [2.75, 3.05) is 14.2 Å². The van der Waals surface area contributed by atoms with E-state index in [1.807, 2.05) is 0 Å². The van der Waals surface area contributed by atoms with Crippen molar-refractivity contribution in [1.29, 1.82) is 0 Å². The molecule has 0 saturated carbocycles. The average Bonchev–Trinajstić information content (AvgIpc) is 2.17. The quantitative estimate of drug-likeness (QED) is 0.774. The van der Waals surface area contributed by atoms with Crippen LogP contribution in [0.2, 0.25) is 0 Å². The van der Waals surface area contributed by atoms with Gasteiger partial charge >= 0.3 is 0 Å². The summed E-state index contributed by atoms with van der Waals surface area (Å²) in [6, 6.07) is 6.31. The second-order valence-corrected chi connectivity index (χ2v) is 4.20. The van der Waals surface area contributed by atoms with Crippen LogP contribution >= 0.6 is 0 Å². The number of benzene rings is 1. The van der Waals surface area contributed by atoms with Gasteiger partial charge < -0.3 is 15.2 Å². The Morgan fingerprint density at radius 2 is 1.56 bits per heavy atom. The topological polar surface area (TPSA) is 44.5 Å². The first-order valence-corrected chi connectivity index (χ1v) is 5.45. The van der Waals surface area contributed by atoms with E-state index in [2.05, 4.69) is 32.0 Å². The Morgan fingerprint density at radius 3 is 2.00 bits per heavy atom. The number of rotatable bonds is 5. The molecule has 0 heterocycles. The average molecular weight is 223 g/mol. The fraction of sp³-hybridized carbons (Fsp3) is 0.538. The van der Waals surface area contributed by atoms with Crippen LogP contribution in [0.1, 0.15) is 16.7 Å². The number of hydrogen-bond donors (Lipinski definition) is 1. The standard InChI is InChI=1S/C13H21NO2/c1-9-5-10(2)7-11(6-9)8-12(14)13(15-3)16-4/h5-7,12-13H,8,14H2,1-4H3. The van der Waals surface area contributed by atoms with Crippen molar-refractivity contribution in [3.63, 3.8) is 0 Å². The van der Waals surface area contributed by atoms with Crippen LogP contribution in [0, 0.1) is 13.8 Å². The van der Waals surface area contributed by atoms with Crippen LogP contribution in [-0.2, 0) is 15.9 Å². The summed E-state index contributed by atoms with van der Waals surface area (Å²) < 4.78 is 10.3. The summed E-state index contributed by atoms with van der Waals surface area (Å²) in [6.07, 6.45) is 0.412. The summed E-state index contributed by atoms with van der Waals surface area (Å²) in [6.45, 7) is 4.18. The molecule has 1 rings (SSSR count). The van der Waals surface area contributed by atoms with E-state index in [0.29, 0.717) is 0 Å². The van der Waals surface area contributed by atoms with E-state index >= 15 is 0 Å². The number of ether oxygens (including phenoxy) is 2. The predicted molar refractivity (Wildman–Crippen MR) is 65.4 cm³/mol. The van der Waals surface area contributed by atoms with Crippen molar-refractivity contribution in [3.05, 3.63) is 34.9 Å². The lowest BCUT2D eigenvalue weighted by atomic mass is 10.0. The minimum absolute atomic E-state index is 0.142. The lowest BCUT2D eigenvalue weighted by Crippen LogP contribution is -2.39. The van der Waals surface area contributed by atoms with E-state index in [-0.39, 0.29) is 12.3 Å². The maximum Gasteiger partial charge on any atom is 0.172 e. The zero-order valence-electron chi connectivity index (χ0n) is 10.5. The van der Waals surface area contributed by atoms with Crippen LogP contribution in [0.5, 0.6) is 0 Å². The normalized spacial score (nSPS) is 13.1. The Labute approximate surface area is 97.6 Å². The molecule has 0 aliphatic heterocycles. The first-order chi connectivity index (χ1) is 7.56. The number of nitrogens with two attached hydrogens (primary N) is 1. The van der Waals surface area contributed by atoms with Crippen LogP contribution in [0.15, 0.2) is 18.2 Å².